The van der Waals surface area contributed by atoms with Crippen molar-refractivity contribution in [3.8, 4) is 0 Å². The van der Waals surface area contributed by atoms with Crippen LogP contribution in [-0.2, 0) is 0 Å². The molecule has 0 spiro atoms. The molecule has 0 bridgehead atoms. The van der Waals surface area contributed by atoms with Crippen molar-refractivity contribution in [2.75, 3.05) is 38.5 Å². The summed E-state index contributed by atoms with van der Waals surface area (Å²) in [6.07, 6.45) is 1.16. The second kappa shape index (κ2) is 6.24. The lowest BCUT2D eigenvalue weighted by molar-refractivity contribution is 0.194. The predicted octanol–water partition coefficient (Wildman–Crippen LogP) is 2.05. The van der Waals surface area contributed by atoms with Gasteiger partial charge in [0, 0.05) is 42.9 Å². The van der Waals surface area contributed by atoms with Gasteiger partial charge in [-0.1, -0.05) is 11.6 Å². The van der Waals surface area contributed by atoms with Crippen molar-refractivity contribution in [3.63, 3.8) is 0 Å². The summed E-state index contributed by atoms with van der Waals surface area (Å²) in [5.41, 5.74) is 1.14. The molecule has 0 saturated carbocycles. The smallest absolute Gasteiger partial charge is 0.0407 e. The van der Waals surface area contributed by atoms with Gasteiger partial charge in [0.15, 0.2) is 0 Å². The molecule has 17 heavy (non-hydrogen) atoms. The standard InChI is InChI=1S/C13H20ClN3/c1-17-9-8-15-10-13(17)6-7-16-12-4-2-11(14)3-5-12/h2-5,13,15-16H,6-10H2,1H3. The van der Waals surface area contributed by atoms with Gasteiger partial charge in [0.1, 0.15) is 0 Å². The molecule has 1 fully saturated rings. The minimum atomic E-state index is 0.642. The van der Waals surface area contributed by atoms with Gasteiger partial charge in [-0.05, 0) is 37.7 Å². The highest BCUT2D eigenvalue weighted by molar-refractivity contribution is 6.30. The molecule has 1 aromatic rings. The van der Waals surface area contributed by atoms with E-state index in [1.165, 1.54) is 0 Å². The maximum Gasteiger partial charge on any atom is 0.0407 e. The predicted molar refractivity (Wildman–Crippen MR) is 73.8 cm³/mol. The van der Waals surface area contributed by atoms with Gasteiger partial charge in [-0.15, -0.1) is 0 Å². The number of nitrogens with one attached hydrogen (secondary N) is 2. The monoisotopic (exact) mass is 253 g/mol. The van der Waals surface area contributed by atoms with E-state index in [1.807, 2.05) is 24.3 Å². The van der Waals surface area contributed by atoms with Crippen LogP contribution in [0.15, 0.2) is 24.3 Å². The lowest BCUT2D eigenvalue weighted by Gasteiger charge is -2.33. The van der Waals surface area contributed by atoms with Crippen LogP contribution < -0.4 is 10.6 Å². The number of hydrogen-bond donors (Lipinski definition) is 2. The zero-order valence-electron chi connectivity index (χ0n) is 10.2. The molecule has 1 aliphatic rings. The molecule has 2 N–H and O–H groups in total. The summed E-state index contributed by atoms with van der Waals surface area (Å²) < 4.78 is 0. The maximum atomic E-state index is 5.84. The van der Waals surface area contributed by atoms with Crippen molar-refractivity contribution in [2.24, 2.45) is 0 Å². The highest BCUT2D eigenvalue weighted by Gasteiger charge is 2.17. The van der Waals surface area contributed by atoms with E-state index in [1.54, 1.807) is 0 Å². The van der Waals surface area contributed by atoms with Crippen molar-refractivity contribution < 1.29 is 0 Å². The first-order valence-electron chi connectivity index (χ1n) is 6.16. The molecule has 1 aromatic carbocycles. The van der Waals surface area contributed by atoms with Crippen molar-refractivity contribution in [1.82, 2.24) is 10.2 Å². The lowest BCUT2D eigenvalue weighted by Crippen LogP contribution is -2.49. The molecule has 1 saturated heterocycles. The summed E-state index contributed by atoms with van der Waals surface area (Å²) in [7, 11) is 2.20. The van der Waals surface area contributed by atoms with Gasteiger partial charge in [-0.3, -0.25) is 0 Å². The Balaban J connectivity index is 1.73. The van der Waals surface area contributed by atoms with E-state index >= 15 is 0 Å². The number of rotatable bonds is 4. The molecule has 4 heteroatoms. The van der Waals surface area contributed by atoms with Gasteiger partial charge in [0.25, 0.3) is 0 Å². The molecule has 3 nitrogen and oxygen atoms in total. The second-order valence-corrected chi connectivity index (χ2v) is 5.00. The molecule has 0 aliphatic carbocycles. The van der Waals surface area contributed by atoms with Crippen LogP contribution in [0.5, 0.6) is 0 Å². The Kier molecular flexibility index (Phi) is 4.66. The van der Waals surface area contributed by atoms with Gasteiger partial charge < -0.3 is 15.5 Å². The second-order valence-electron chi connectivity index (χ2n) is 4.56. The van der Waals surface area contributed by atoms with E-state index in [4.69, 9.17) is 11.6 Å². The fraction of sp³-hybridized carbons (Fsp3) is 0.538. The normalized spacial score (nSPS) is 21.4. The van der Waals surface area contributed by atoms with Crippen molar-refractivity contribution in [2.45, 2.75) is 12.5 Å². The van der Waals surface area contributed by atoms with E-state index in [-0.39, 0.29) is 0 Å². The highest BCUT2D eigenvalue weighted by Crippen LogP contribution is 2.13. The van der Waals surface area contributed by atoms with Gasteiger partial charge >= 0.3 is 0 Å². The molecule has 2 rings (SSSR count). The van der Waals surface area contributed by atoms with Crippen molar-refractivity contribution in [3.05, 3.63) is 29.3 Å². The Hall–Kier alpha value is -0.770. The van der Waals surface area contributed by atoms with Crippen molar-refractivity contribution >= 4 is 17.3 Å². The molecule has 0 radical (unpaired) electrons. The molecular weight excluding hydrogens is 234 g/mol. The zero-order chi connectivity index (χ0) is 12.1. The van der Waals surface area contributed by atoms with E-state index in [0.29, 0.717) is 6.04 Å². The fourth-order valence-corrected chi connectivity index (χ4v) is 2.26. The molecule has 1 unspecified atom stereocenters. The SMILES string of the molecule is CN1CCNCC1CCNc1ccc(Cl)cc1. The average molecular weight is 254 g/mol. The summed E-state index contributed by atoms with van der Waals surface area (Å²) in [5, 5.41) is 7.65. The third kappa shape index (κ3) is 3.87. The molecule has 1 heterocycles. The molecular formula is C13H20ClN3. The van der Waals surface area contributed by atoms with Crippen LogP contribution in [0.2, 0.25) is 5.02 Å². The topological polar surface area (TPSA) is 27.3 Å². The number of benzene rings is 1. The number of likely N-dealkylation sites (N-methyl/N-ethyl adjacent to an activating group) is 1. The van der Waals surface area contributed by atoms with Crippen LogP contribution in [0.1, 0.15) is 6.42 Å². The van der Waals surface area contributed by atoms with E-state index < -0.39 is 0 Å². The van der Waals surface area contributed by atoms with Gasteiger partial charge in [0.05, 0.1) is 0 Å². The summed E-state index contributed by atoms with van der Waals surface area (Å²) >= 11 is 5.84. The highest BCUT2D eigenvalue weighted by atomic mass is 35.5. The molecule has 94 valence electrons. The molecule has 0 amide bonds. The zero-order valence-corrected chi connectivity index (χ0v) is 11.0. The van der Waals surface area contributed by atoms with Crippen LogP contribution in [-0.4, -0.2) is 44.2 Å². The van der Waals surface area contributed by atoms with Crippen LogP contribution >= 0.6 is 11.6 Å². The Labute approximate surface area is 108 Å². The lowest BCUT2D eigenvalue weighted by atomic mass is 10.1. The summed E-state index contributed by atoms with van der Waals surface area (Å²) in [6, 6.07) is 8.51. The van der Waals surface area contributed by atoms with E-state index in [0.717, 1.165) is 43.3 Å². The first-order chi connectivity index (χ1) is 8.25. The average Bonchev–Trinajstić information content (AvgIpc) is 2.34. The Bertz CT molecular complexity index is 339. The Morgan fingerprint density at radius 1 is 1.41 bits per heavy atom. The third-order valence-electron chi connectivity index (χ3n) is 3.30. The maximum absolute atomic E-state index is 5.84. The number of anilines is 1. The molecule has 1 aliphatic heterocycles. The Morgan fingerprint density at radius 2 is 2.18 bits per heavy atom. The quantitative estimate of drug-likeness (QED) is 0.860. The van der Waals surface area contributed by atoms with Crippen LogP contribution in [0, 0.1) is 0 Å². The minimum absolute atomic E-state index is 0.642. The summed E-state index contributed by atoms with van der Waals surface area (Å²) in [4.78, 5) is 2.43. The van der Waals surface area contributed by atoms with Crippen LogP contribution in [0.25, 0.3) is 0 Å². The first-order valence-corrected chi connectivity index (χ1v) is 6.54. The number of nitrogens with zero attached hydrogens (tertiary/aromatic N) is 1. The summed E-state index contributed by atoms with van der Waals surface area (Å²) in [5.74, 6) is 0. The van der Waals surface area contributed by atoms with Gasteiger partial charge in [-0.2, -0.15) is 0 Å². The van der Waals surface area contributed by atoms with Gasteiger partial charge in [0.2, 0.25) is 0 Å². The van der Waals surface area contributed by atoms with E-state index in [2.05, 4.69) is 22.6 Å². The Morgan fingerprint density at radius 3 is 2.88 bits per heavy atom. The minimum Gasteiger partial charge on any atom is -0.385 e. The largest absolute Gasteiger partial charge is 0.385 e. The fourth-order valence-electron chi connectivity index (χ4n) is 2.14. The third-order valence-corrected chi connectivity index (χ3v) is 3.55. The van der Waals surface area contributed by atoms with Crippen LogP contribution in [0.3, 0.4) is 0 Å². The van der Waals surface area contributed by atoms with Crippen LogP contribution in [0.4, 0.5) is 5.69 Å². The van der Waals surface area contributed by atoms with Crippen molar-refractivity contribution in [1.29, 1.82) is 0 Å². The summed E-state index contributed by atoms with van der Waals surface area (Å²) in [6.45, 7) is 4.35. The number of hydrogen-bond acceptors (Lipinski definition) is 3. The molecule has 1 atom stereocenters. The first kappa shape index (κ1) is 12.7. The van der Waals surface area contributed by atoms with E-state index in [9.17, 15) is 0 Å². The van der Waals surface area contributed by atoms with Gasteiger partial charge in [-0.25, -0.2) is 0 Å². The number of piperazine rings is 1. The molecule has 0 aromatic heterocycles. The number of halogens is 1.